The molecule has 0 amide bonds. The number of likely N-dealkylation sites (N-methyl/N-ethyl adjacent to an activating group) is 1. The van der Waals surface area contributed by atoms with Gasteiger partial charge in [0.1, 0.15) is 4.99 Å². The van der Waals surface area contributed by atoms with E-state index in [0.717, 1.165) is 18.7 Å². The Balaban J connectivity index is 2.28. The average molecular weight is 263 g/mol. The summed E-state index contributed by atoms with van der Waals surface area (Å²) in [4.78, 5) is 5.17. The van der Waals surface area contributed by atoms with Gasteiger partial charge in [-0.1, -0.05) is 18.3 Å². The van der Waals surface area contributed by atoms with Crippen LogP contribution in [0.3, 0.4) is 0 Å². The van der Waals surface area contributed by atoms with Crippen LogP contribution >= 0.6 is 12.2 Å². The lowest BCUT2D eigenvalue weighted by Crippen LogP contribution is -2.32. The maximum atomic E-state index is 5.82. The molecule has 98 valence electrons. The van der Waals surface area contributed by atoms with E-state index in [1.54, 1.807) is 0 Å². The van der Waals surface area contributed by atoms with Crippen LogP contribution in [0.2, 0.25) is 0 Å². The van der Waals surface area contributed by atoms with Crippen molar-refractivity contribution in [2.75, 3.05) is 32.1 Å². The van der Waals surface area contributed by atoms with E-state index < -0.39 is 0 Å². The second-order valence-corrected chi connectivity index (χ2v) is 5.68. The lowest BCUT2D eigenvalue weighted by molar-refractivity contribution is 0.315. The fourth-order valence-corrected chi connectivity index (χ4v) is 2.67. The Bertz CT molecular complexity index is 456. The van der Waals surface area contributed by atoms with Gasteiger partial charge >= 0.3 is 0 Å². The number of benzene rings is 1. The Morgan fingerprint density at radius 3 is 2.72 bits per heavy atom. The first-order valence-electron chi connectivity index (χ1n) is 6.31. The zero-order valence-corrected chi connectivity index (χ0v) is 12.1. The van der Waals surface area contributed by atoms with E-state index in [4.69, 9.17) is 18.0 Å². The SMILES string of the molecule is Cc1ccc(C(N)=S)c(N2CCC(N(C)C)C2)c1. The van der Waals surface area contributed by atoms with Crippen LogP contribution in [0, 0.1) is 6.92 Å². The minimum atomic E-state index is 0.485. The van der Waals surface area contributed by atoms with Gasteiger partial charge in [-0.15, -0.1) is 0 Å². The number of anilines is 1. The van der Waals surface area contributed by atoms with Gasteiger partial charge in [-0.25, -0.2) is 0 Å². The largest absolute Gasteiger partial charge is 0.389 e. The molecule has 0 saturated carbocycles. The van der Waals surface area contributed by atoms with Gasteiger partial charge in [-0.3, -0.25) is 0 Å². The molecular weight excluding hydrogens is 242 g/mol. The fraction of sp³-hybridized carbons (Fsp3) is 0.500. The van der Waals surface area contributed by atoms with Gasteiger partial charge in [-0.05, 0) is 45.1 Å². The second kappa shape index (κ2) is 5.24. The van der Waals surface area contributed by atoms with E-state index in [0.29, 0.717) is 11.0 Å². The molecular formula is C14H21N3S. The van der Waals surface area contributed by atoms with E-state index in [1.807, 2.05) is 6.07 Å². The molecule has 1 unspecified atom stereocenters. The summed E-state index contributed by atoms with van der Waals surface area (Å²) in [7, 11) is 4.28. The van der Waals surface area contributed by atoms with E-state index in [1.165, 1.54) is 17.7 Å². The van der Waals surface area contributed by atoms with Crippen molar-refractivity contribution in [2.45, 2.75) is 19.4 Å². The van der Waals surface area contributed by atoms with Gasteiger partial charge < -0.3 is 15.5 Å². The number of thiocarbonyl (C=S) groups is 1. The normalized spacial score (nSPS) is 19.6. The van der Waals surface area contributed by atoms with Crippen molar-refractivity contribution in [3.63, 3.8) is 0 Å². The first-order valence-corrected chi connectivity index (χ1v) is 6.71. The highest BCUT2D eigenvalue weighted by molar-refractivity contribution is 7.80. The summed E-state index contributed by atoms with van der Waals surface area (Å²) in [6, 6.07) is 6.91. The Kier molecular flexibility index (Phi) is 3.88. The smallest absolute Gasteiger partial charge is 0.106 e. The van der Waals surface area contributed by atoms with Gasteiger partial charge in [0, 0.05) is 30.4 Å². The van der Waals surface area contributed by atoms with Crippen LogP contribution in [-0.2, 0) is 0 Å². The summed E-state index contributed by atoms with van der Waals surface area (Å²) < 4.78 is 0. The highest BCUT2D eigenvalue weighted by atomic mass is 32.1. The second-order valence-electron chi connectivity index (χ2n) is 5.24. The van der Waals surface area contributed by atoms with Crippen molar-refractivity contribution in [1.82, 2.24) is 4.90 Å². The zero-order valence-electron chi connectivity index (χ0n) is 11.3. The van der Waals surface area contributed by atoms with E-state index in [9.17, 15) is 0 Å². The standard InChI is InChI=1S/C14H21N3S/c1-10-4-5-12(14(15)18)13(8-10)17-7-6-11(9-17)16(2)3/h4-5,8,11H,6-7,9H2,1-3H3,(H2,15,18). The predicted octanol–water partition coefficient (Wildman–Crippen LogP) is 1.77. The van der Waals surface area contributed by atoms with Crippen LogP contribution < -0.4 is 10.6 Å². The van der Waals surface area contributed by atoms with Crippen molar-refractivity contribution in [2.24, 2.45) is 5.73 Å². The molecule has 1 aromatic carbocycles. The fourth-order valence-electron chi connectivity index (χ4n) is 2.49. The predicted molar refractivity (Wildman–Crippen MR) is 81.4 cm³/mol. The first kappa shape index (κ1) is 13.3. The average Bonchev–Trinajstić information content (AvgIpc) is 2.77. The third-order valence-corrected chi connectivity index (χ3v) is 3.87. The van der Waals surface area contributed by atoms with Crippen molar-refractivity contribution >= 4 is 22.9 Å². The molecule has 0 aliphatic carbocycles. The number of nitrogens with zero attached hydrogens (tertiary/aromatic N) is 2. The quantitative estimate of drug-likeness (QED) is 0.843. The van der Waals surface area contributed by atoms with Crippen LogP contribution in [-0.4, -0.2) is 43.1 Å². The topological polar surface area (TPSA) is 32.5 Å². The molecule has 1 aliphatic heterocycles. The Morgan fingerprint density at radius 2 is 2.17 bits per heavy atom. The Morgan fingerprint density at radius 1 is 1.44 bits per heavy atom. The Hall–Kier alpha value is -1.13. The molecule has 4 heteroatoms. The maximum absolute atomic E-state index is 5.82. The van der Waals surface area contributed by atoms with Crippen molar-refractivity contribution in [3.05, 3.63) is 29.3 Å². The Labute approximate surface area is 115 Å². The molecule has 0 radical (unpaired) electrons. The summed E-state index contributed by atoms with van der Waals surface area (Å²) in [6.45, 7) is 4.22. The van der Waals surface area contributed by atoms with Crippen LogP contribution in [0.15, 0.2) is 18.2 Å². The number of hydrogen-bond acceptors (Lipinski definition) is 3. The van der Waals surface area contributed by atoms with Crippen LogP contribution in [0.5, 0.6) is 0 Å². The number of aryl methyl sites for hydroxylation is 1. The van der Waals surface area contributed by atoms with Gasteiger partial charge in [0.2, 0.25) is 0 Å². The molecule has 1 heterocycles. The summed E-state index contributed by atoms with van der Waals surface area (Å²) in [6.07, 6.45) is 1.19. The highest BCUT2D eigenvalue weighted by Gasteiger charge is 2.25. The molecule has 1 aliphatic rings. The van der Waals surface area contributed by atoms with Gasteiger partial charge in [0.05, 0.1) is 0 Å². The van der Waals surface area contributed by atoms with E-state index in [2.05, 4.69) is 43.0 Å². The molecule has 2 N–H and O–H groups in total. The molecule has 0 aromatic heterocycles. The van der Waals surface area contributed by atoms with E-state index >= 15 is 0 Å². The monoisotopic (exact) mass is 263 g/mol. The summed E-state index contributed by atoms with van der Waals surface area (Å²) in [5, 5.41) is 0. The summed E-state index contributed by atoms with van der Waals surface area (Å²) in [5.74, 6) is 0. The number of rotatable bonds is 3. The van der Waals surface area contributed by atoms with Gasteiger partial charge in [0.25, 0.3) is 0 Å². The third-order valence-electron chi connectivity index (χ3n) is 3.65. The van der Waals surface area contributed by atoms with Crippen LogP contribution in [0.1, 0.15) is 17.5 Å². The van der Waals surface area contributed by atoms with Gasteiger partial charge in [-0.2, -0.15) is 0 Å². The van der Waals surface area contributed by atoms with Crippen molar-refractivity contribution < 1.29 is 0 Å². The van der Waals surface area contributed by atoms with E-state index in [-0.39, 0.29) is 0 Å². The number of hydrogen-bond donors (Lipinski definition) is 1. The first-order chi connectivity index (χ1) is 8.49. The maximum Gasteiger partial charge on any atom is 0.106 e. The lowest BCUT2D eigenvalue weighted by Gasteiger charge is -2.24. The van der Waals surface area contributed by atoms with Gasteiger partial charge in [0.15, 0.2) is 0 Å². The van der Waals surface area contributed by atoms with Crippen molar-refractivity contribution in [1.29, 1.82) is 0 Å². The number of nitrogens with two attached hydrogens (primary N) is 1. The summed E-state index contributed by atoms with van der Waals surface area (Å²) >= 11 is 5.15. The minimum Gasteiger partial charge on any atom is -0.389 e. The highest BCUT2D eigenvalue weighted by Crippen LogP contribution is 2.27. The minimum absolute atomic E-state index is 0.485. The zero-order chi connectivity index (χ0) is 13.3. The molecule has 2 rings (SSSR count). The van der Waals surface area contributed by atoms with Crippen molar-refractivity contribution in [3.8, 4) is 0 Å². The third kappa shape index (κ3) is 2.65. The summed E-state index contributed by atoms with van der Waals surface area (Å²) in [5.41, 5.74) is 9.25. The molecule has 3 nitrogen and oxygen atoms in total. The molecule has 18 heavy (non-hydrogen) atoms. The molecule has 1 fully saturated rings. The molecule has 1 saturated heterocycles. The van der Waals surface area contributed by atoms with Crippen LogP contribution in [0.4, 0.5) is 5.69 Å². The molecule has 1 atom stereocenters. The molecule has 1 aromatic rings. The molecule has 0 spiro atoms. The lowest BCUT2D eigenvalue weighted by atomic mass is 10.1. The molecule has 0 bridgehead atoms. The van der Waals surface area contributed by atoms with Crippen LogP contribution in [0.25, 0.3) is 0 Å².